The van der Waals surface area contributed by atoms with Crippen LogP contribution in [0, 0.1) is 6.92 Å². The average Bonchev–Trinajstić information content (AvgIpc) is 3.17. The molecule has 0 radical (unpaired) electrons. The fourth-order valence-corrected chi connectivity index (χ4v) is 4.13. The van der Waals surface area contributed by atoms with Gasteiger partial charge in [-0.2, -0.15) is 5.10 Å². The first-order chi connectivity index (χ1) is 15.9. The molecule has 0 atom stereocenters. The average molecular weight is 486 g/mol. The number of carbonyl (C=O) groups is 2. The molecule has 2 aromatic carbocycles. The van der Waals surface area contributed by atoms with Crippen LogP contribution in [-0.2, 0) is 6.42 Å². The Balaban J connectivity index is 1.59. The van der Waals surface area contributed by atoms with E-state index in [2.05, 4.69) is 15.8 Å². The van der Waals surface area contributed by atoms with Gasteiger partial charge in [0.1, 0.15) is 11.5 Å². The van der Waals surface area contributed by atoms with E-state index in [0.29, 0.717) is 51.9 Å². The number of furan rings is 1. The first-order valence-electron chi connectivity index (χ1n) is 10.3. The molecule has 9 heteroatoms. The van der Waals surface area contributed by atoms with Crippen molar-refractivity contribution in [3.8, 4) is 5.75 Å². The second-order valence-corrected chi connectivity index (χ2v) is 8.25. The number of hydrogen-bond acceptors (Lipinski definition) is 5. The van der Waals surface area contributed by atoms with Gasteiger partial charge in [0.15, 0.2) is 5.76 Å². The second-order valence-electron chi connectivity index (χ2n) is 7.46. The fraction of sp³-hybridized carbons (Fsp3) is 0.208. The van der Waals surface area contributed by atoms with Crippen LogP contribution in [0.4, 0.5) is 5.69 Å². The number of methoxy groups -OCH3 is 1. The molecule has 3 aromatic rings. The minimum Gasteiger partial charge on any atom is -0.496 e. The predicted octanol–water partition coefficient (Wildman–Crippen LogP) is 5.63. The molecular formula is C24H21Cl2N3O4. The molecular weight excluding hydrogens is 465 g/mol. The van der Waals surface area contributed by atoms with Gasteiger partial charge in [-0.1, -0.05) is 41.4 Å². The molecule has 0 spiro atoms. The molecule has 1 aliphatic carbocycles. The van der Waals surface area contributed by atoms with Crippen molar-refractivity contribution in [2.45, 2.75) is 26.2 Å². The summed E-state index contributed by atoms with van der Waals surface area (Å²) >= 11 is 12.2. The predicted molar refractivity (Wildman–Crippen MR) is 128 cm³/mol. The van der Waals surface area contributed by atoms with Crippen LogP contribution >= 0.6 is 23.2 Å². The Labute approximate surface area is 200 Å². The van der Waals surface area contributed by atoms with Crippen molar-refractivity contribution in [3.63, 3.8) is 0 Å². The minimum atomic E-state index is -0.441. The van der Waals surface area contributed by atoms with Crippen molar-refractivity contribution >= 4 is 46.4 Å². The van der Waals surface area contributed by atoms with E-state index in [1.807, 2.05) is 0 Å². The number of hydrogen-bond donors (Lipinski definition) is 2. The van der Waals surface area contributed by atoms with Crippen molar-refractivity contribution in [2.24, 2.45) is 5.10 Å². The van der Waals surface area contributed by atoms with Crippen molar-refractivity contribution in [1.82, 2.24) is 5.43 Å². The molecule has 0 unspecified atom stereocenters. The van der Waals surface area contributed by atoms with E-state index in [1.54, 1.807) is 49.4 Å². The van der Waals surface area contributed by atoms with Crippen LogP contribution < -0.4 is 15.5 Å². The number of halogens is 2. The highest BCUT2D eigenvalue weighted by atomic mass is 35.5. The van der Waals surface area contributed by atoms with E-state index < -0.39 is 5.91 Å². The number of aryl methyl sites for hydroxylation is 1. The maximum absolute atomic E-state index is 12.9. The van der Waals surface area contributed by atoms with Gasteiger partial charge in [-0.25, -0.2) is 5.43 Å². The van der Waals surface area contributed by atoms with Crippen LogP contribution in [0.15, 0.2) is 52.0 Å². The molecule has 0 saturated heterocycles. The number of hydrazone groups is 1. The Bertz CT molecular complexity index is 1270. The third kappa shape index (κ3) is 4.60. The molecule has 1 heterocycles. The van der Waals surface area contributed by atoms with Gasteiger partial charge < -0.3 is 14.5 Å². The van der Waals surface area contributed by atoms with Crippen molar-refractivity contribution in [2.75, 3.05) is 12.4 Å². The Morgan fingerprint density at radius 1 is 1.06 bits per heavy atom. The van der Waals surface area contributed by atoms with Crippen LogP contribution in [-0.4, -0.2) is 24.6 Å². The first kappa shape index (κ1) is 22.9. The number of para-hydroxylation sites is 1. The van der Waals surface area contributed by atoms with Gasteiger partial charge in [0.25, 0.3) is 11.8 Å². The van der Waals surface area contributed by atoms with Crippen LogP contribution in [0.1, 0.15) is 50.6 Å². The summed E-state index contributed by atoms with van der Waals surface area (Å²) in [5, 5.41) is 7.69. The molecule has 170 valence electrons. The monoisotopic (exact) mass is 485 g/mol. The zero-order valence-electron chi connectivity index (χ0n) is 18.0. The standard InChI is InChI=1S/C24H21Cl2N3O4/c1-13-20-16(28-29-23(30)14-7-3-4-11-18(14)32-2)9-6-12-19(20)33-22(13)24(31)27-17-10-5-8-15(25)21(17)26/h3-5,7-8,10-11H,6,9,12H2,1-2H3,(H,27,31)(H,29,30)/b28-16+. The van der Waals surface area contributed by atoms with Crippen LogP contribution in [0.2, 0.25) is 10.0 Å². The lowest BCUT2D eigenvalue weighted by Gasteiger charge is -2.14. The normalized spacial score (nSPS) is 14.0. The number of benzene rings is 2. The third-order valence-electron chi connectivity index (χ3n) is 5.38. The Hall–Kier alpha value is -3.29. The van der Waals surface area contributed by atoms with E-state index in [1.165, 1.54) is 7.11 Å². The van der Waals surface area contributed by atoms with E-state index >= 15 is 0 Å². The lowest BCUT2D eigenvalue weighted by Crippen LogP contribution is -2.22. The van der Waals surface area contributed by atoms with Crippen LogP contribution in [0.5, 0.6) is 5.75 Å². The van der Waals surface area contributed by atoms with Gasteiger partial charge in [-0.05, 0) is 44.0 Å². The van der Waals surface area contributed by atoms with E-state index in [0.717, 1.165) is 12.0 Å². The quantitative estimate of drug-likeness (QED) is 0.458. The van der Waals surface area contributed by atoms with Gasteiger partial charge in [0.05, 0.1) is 34.1 Å². The van der Waals surface area contributed by atoms with Crippen molar-refractivity contribution in [3.05, 3.63) is 80.7 Å². The molecule has 2 N–H and O–H groups in total. The summed E-state index contributed by atoms with van der Waals surface area (Å²) in [6.07, 6.45) is 2.09. The van der Waals surface area contributed by atoms with E-state index in [4.69, 9.17) is 32.4 Å². The summed E-state index contributed by atoms with van der Waals surface area (Å²) in [6.45, 7) is 1.79. The molecule has 0 saturated carbocycles. The van der Waals surface area contributed by atoms with Crippen molar-refractivity contribution < 1.29 is 18.7 Å². The maximum atomic E-state index is 12.9. The minimum absolute atomic E-state index is 0.168. The lowest BCUT2D eigenvalue weighted by molar-refractivity contribution is 0.0950. The summed E-state index contributed by atoms with van der Waals surface area (Å²) in [6, 6.07) is 11.9. The number of nitrogens with zero attached hydrogens (tertiary/aromatic N) is 1. The summed E-state index contributed by atoms with van der Waals surface area (Å²) < 4.78 is 11.1. The Kier molecular flexibility index (Phi) is 6.72. The maximum Gasteiger partial charge on any atom is 0.291 e. The van der Waals surface area contributed by atoms with Gasteiger partial charge in [-0.15, -0.1) is 0 Å². The molecule has 0 aliphatic heterocycles. The van der Waals surface area contributed by atoms with E-state index in [9.17, 15) is 9.59 Å². The largest absolute Gasteiger partial charge is 0.496 e. The van der Waals surface area contributed by atoms with Gasteiger partial charge in [-0.3, -0.25) is 9.59 Å². The van der Waals surface area contributed by atoms with Gasteiger partial charge in [0, 0.05) is 17.5 Å². The fourth-order valence-electron chi connectivity index (χ4n) is 3.79. The smallest absolute Gasteiger partial charge is 0.291 e. The Morgan fingerprint density at radius 3 is 2.64 bits per heavy atom. The molecule has 4 rings (SSSR count). The highest BCUT2D eigenvalue weighted by Crippen LogP contribution is 2.33. The summed E-state index contributed by atoms with van der Waals surface area (Å²) in [5.74, 6) is 0.455. The van der Waals surface area contributed by atoms with Crippen LogP contribution in [0.3, 0.4) is 0 Å². The summed E-state index contributed by atoms with van der Waals surface area (Å²) in [7, 11) is 1.50. The SMILES string of the molecule is COc1ccccc1C(=O)N/N=C1\CCCc2oc(C(=O)Nc3cccc(Cl)c3Cl)c(C)c21. The van der Waals surface area contributed by atoms with Crippen molar-refractivity contribution in [1.29, 1.82) is 0 Å². The zero-order valence-corrected chi connectivity index (χ0v) is 19.5. The molecule has 33 heavy (non-hydrogen) atoms. The first-order valence-corrected chi connectivity index (χ1v) is 11.0. The number of fused-ring (bicyclic) bond motifs is 1. The highest BCUT2D eigenvalue weighted by molar-refractivity contribution is 6.44. The molecule has 0 bridgehead atoms. The second kappa shape index (κ2) is 9.68. The third-order valence-corrected chi connectivity index (χ3v) is 6.19. The number of carbonyl (C=O) groups excluding carboxylic acids is 2. The molecule has 2 amide bonds. The number of ether oxygens (including phenoxy) is 1. The molecule has 1 aliphatic rings. The Morgan fingerprint density at radius 2 is 1.85 bits per heavy atom. The number of amides is 2. The highest BCUT2D eigenvalue weighted by Gasteiger charge is 2.28. The molecule has 0 fully saturated rings. The van der Waals surface area contributed by atoms with E-state index in [-0.39, 0.29) is 16.7 Å². The zero-order chi connectivity index (χ0) is 23.5. The van der Waals surface area contributed by atoms with Gasteiger partial charge >= 0.3 is 0 Å². The lowest BCUT2D eigenvalue weighted by atomic mass is 9.93. The summed E-state index contributed by atoms with van der Waals surface area (Å²) in [5.41, 5.74) is 5.40. The molecule has 1 aromatic heterocycles. The number of nitrogens with one attached hydrogen (secondary N) is 2. The number of anilines is 1. The van der Waals surface area contributed by atoms with Gasteiger partial charge in [0.2, 0.25) is 0 Å². The van der Waals surface area contributed by atoms with Crippen LogP contribution in [0.25, 0.3) is 0 Å². The number of rotatable bonds is 5. The molecule has 7 nitrogen and oxygen atoms in total. The summed E-state index contributed by atoms with van der Waals surface area (Å²) in [4.78, 5) is 25.5. The topological polar surface area (TPSA) is 92.9 Å².